The standard InChI is InChI=1S/C24H31N5OS/c1-2-28-17-25-27-23(28)18-15-29(16-24(18)13-6-3-7-14-24)22(30)12-8-11-21-26-19-9-4-5-10-20(19)31-21/h4-5,9-10,17-18H,2-3,6-8,11-16H2,1H3. The van der Waals surface area contributed by atoms with Crippen molar-refractivity contribution in [1.82, 2.24) is 24.6 Å². The van der Waals surface area contributed by atoms with Crippen LogP contribution in [0.5, 0.6) is 0 Å². The first-order valence-electron chi connectivity index (χ1n) is 11.7. The van der Waals surface area contributed by atoms with E-state index in [9.17, 15) is 4.79 Å². The van der Waals surface area contributed by atoms with Gasteiger partial charge in [-0.15, -0.1) is 21.5 Å². The molecule has 1 saturated heterocycles. The number of hydrogen-bond acceptors (Lipinski definition) is 5. The number of carbonyl (C=O) groups excluding carboxylic acids is 1. The van der Waals surface area contributed by atoms with Gasteiger partial charge in [-0.05, 0) is 50.2 Å². The molecular formula is C24H31N5OS. The number of para-hydroxylation sites is 1. The normalized spacial score (nSPS) is 20.7. The van der Waals surface area contributed by atoms with E-state index in [1.54, 1.807) is 11.3 Å². The van der Waals surface area contributed by atoms with Crippen LogP contribution in [0.3, 0.4) is 0 Å². The largest absolute Gasteiger partial charge is 0.341 e. The summed E-state index contributed by atoms with van der Waals surface area (Å²) < 4.78 is 3.40. The third kappa shape index (κ3) is 4.00. The molecule has 2 fully saturated rings. The first kappa shape index (κ1) is 20.6. The van der Waals surface area contributed by atoms with Gasteiger partial charge < -0.3 is 9.47 Å². The van der Waals surface area contributed by atoms with E-state index >= 15 is 0 Å². The maximum Gasteiger partial charge on any atom is 0.222 e. The van der Waals surface area contributed by atoms with Crippen molar-refractivity contribution in [3.8, 4) is 0 Å². The first-order chi connectivity index (χ1) is 15.2. The third-order valence-electron chi connectivity index (χ3n) is 7.27. The minimum atomic E-state index is 0.181. The quantitative estimate of drug-likeness (QED) is 0.555. The molecule has 2 aromatic heterocycles. The third-order valence-corrected chi connectivity index (χ3v) is 8.36. The second-order valence-electron chi connectivity index (χ2n) is 9.15. The van der Waals surface area contributed by atoms with Gasteiger partial charge in [0, 0.05) is 32.0 Å². The Morgan fingerprint density at radius 1 is 1.23 bits per heavy atom. The Kier molecular flexibility index (Phi) is 5.78. The van der Waals surface area contributed by atoms with E-state index in [0.717, 1.165) is 48.8 Å². The molecule has 0 N–H and O–H groups in total. The van der Waals surface area contributed by atoms with Gasteiger partial charge in [0.25, 0.3) is 0 Å². The minimum absolute atomic E-state index is 0.181. The number of thiazole rings is 1. The molecule has 1 aliphatic carbocycles. The molecule has 31 heavy (non-hydrogen) atoms. The number of amides is 1. The Bertz CT molecular complexity index is 1020. The van der Waals surface area contributed by atoms with Gasteiger partial charge in [-0.25, -0.2) is 4.98 Å². The highest BCUT2D eigenvalue weighted by Crippen LogP contribution is 2.51. The molecule has 1 atom stereocenters. The molecule has 1 spiro atoms. The molecule has 1 unspecified atom stereocenters. The van der Waals surface area contributed by atoms with Gasteiger partial charge in [-0.2, -0.15) is 0 Å². The summed E-state index contributed by atoms with van der Waals surface area (Å²) in [6.45, 7) is 4.69. The lowest BCUT2D eigenvalue weighted by Gasteiger charge is -2.37. The van der Waals surface area contributed by atoms with Gasteiger partial charge in [-0.3, -0.25) is 4.79 Å². The SMILES string of the molecule is CCn1cnnc1C1CN(C(=O)CCCc2nc3ccccc3s2)CC12CCCCC2. The second kappa shape index (κ2) is 8.69. The molecule has 1 amide bonds. The summed E-state index contributed by atoms with van der Waals surface area (Å²) in [6, 6.07) is 8.26. The first-order valence-corrected chi connectivity index (χ1v) is 12.5. The van der Waals surface area contributed by atoms with Crippen LogP contribution >= 0.6 is 11.3 Å². The average Bonchev–Trinajstić information content (AvgIpc) is 3.50. The van der Waals surface area contributed by atoms with Gasteiger partial charge >= 0.3 is 0 Å². The van der Waals surface area contributed by atoms with Gasteiger partial charge in [0.05, 0.1) is 15.2 Å². The number of nitrogens with zero attached hydrogens (tertiary/aromatic N) is 5. The zero-order chi connectivity index (χ0) is 21.3. The fourth-order valence-corrected chi connectivity index (χ4v) is 6.64. The molecule has 6 nitrogen and oxygen atoms in total. The second-order valence-corrected chi connectivity index (χ2v) is 10.3. The number of hydrogen-bond donors (Lipinski definition) is 0. The van der Waals surface area contributed by atoms with Crippen molar-refractivity contribution in [3.63, 3.8) is 0 Å². The molecule has 7 heteroatoms. The van der Waals surface area contributed by atoms with E-state index in [1.807, 2.05) is 12.4 Å². The van der Waals surface area contributed by atoms with Crippen LogP contribution in [0.4, 0.5) is 0 Å². The van der Waals surface area contributed by atoms with E-state index < -0.39 is 0 Å². The highest BCUT2D eigenvalue weighted by atomic mass is 32.1. The number of rotatable bonds is 6. The van der Waals surface area contributed by atoms with Crippen molar-refractivity contribution in [1.29, 1.82) is 0 Å². The van der Waals surface area contributed by atoms with Crippen molar-refractivity contribution in [2.45, 2.75) is 70.8 Å². The number of likely N-dealkylation sites (tertiary alicyclic amines) is 1. The molecule has 3 heterocycles. The van der Waals surface area contributed by atoms with Crippen LogP contribution in [-0.2, 0) is 17.8 Å². The minimum Gasteiger partial charge on any atom is -0.341 e. The molecule has 0 radical (unpaired) electrons. The zero-order valence-corrected chi connectivity index (χ0v) is 19.1. The molecule has 1 aromatic carbocycles. The molecule has 0 bridgehead atoms. The van der Waals surface area contributed by atoms with E-state index in [2.05, 4.69) is 44.8 Å². The average molecular weight is 438 g/mol. The van der Waals surface area contributed by atoms with Crippen LogP contribution in [0.2, 0.25) is 0 Å². The molecular weight excluding hydrogens is 406 g/mol. The molecule has 5 rings (SSSR count). The maximum absolute atomic E-state index is 13.2. The van der Waals surface area contributed by atoms with E-state index in [1.165, 1.54) is 36.8 Å². The van der Waals surface area contributed by atoms with Crippen molar-refractivity contribution in [2.24, 2.45) is 5.41 Å². The predicted molar refractivity (Wildman–Crippen MR) is 123 cm³/mol. The summed E-state index contributed by atoms with van der Waals surface area (Å²) in [4.78, 5) is 20.0. The maximum atomic E-state index is 13.2. The van der Waals surface area contributed by atoms with Crippen molar-refractivity contribution >= 4 is 27.5 Å². The van der Waals surface area contributed by atoms with E-state index in [0.29, 0.717) is 12.3 Å². The van der Waals surface area contributed by atoms with Crippen molar-refractivity contribution < 1.29 is 4.79 Å². The fraction of sp³-hybridized carbons (Fsp3) is 0.583. The van der Waals surface area contributed by atoms with Gasteiger partial charge in [0.15, 0.2) is 0 Å². The van der Waals surface area contributed by atoms with Crippen molar-refractivity contribution in [2.75, 3.05) is 13.1 Å². The molecule has 164 valence electrons. The summed E-state index contributed by atoms with van der Waals surface area (Å²) in [6.07, 6.45) is 10.4. The summed E-state index contributed by atoms with van der Waals surface area (Å²) in [5, 5.41) is 9.83. The number of carbonyl (C=O) groups is 1. The van der Waals surface area contributed by atoms with Crippen LogP contribution in [0.1, 0.15) is 68.6 Å². The van der Waals surface area contributed by atoms with Crippen LogP contribution in [0.15, 0.2) is 30.6 Å². The van der Waals surface area contributed by atoms with Gasteiger partial charge in [0.1, 0.15) is 12.2 Å². The summed E-state index contributed by atoms with van der Waals surface area (Å²) in [5.41, 5.74) is 1.25. The lowest BCUT2D eigenvalue weighted by Crippen LogP contribution is -2.34. The van der Waals surface area contributed by atoms with E-state index in [-0.39, 0.29) is 11.3 Å². The van der Waals surface area contributed by atoms with Crippen LogP contribution in [0.25, 0.3) is 10.2 Å². The van der Waals surface area contributed by atoms with E-state index in [4.69, 9.17) is 4.98 Å². The predicted octanol–water partition coefficient (Wildman–Crippen LogP) is 4.81. The lowest BCUT2D eigenvalue weighted by atomic mass is 9.67. The lowest BCUT2D eigenvalue weighted by molar-refractivity contribution is -0.130. The number of aryl methyl sites for hydroxylation is 2. The Hall–Kier alpha value is -2.28. The van der Waals surface area contributed by atoms with Crippen LogP contribution in [-0.4, -0.2) is 43.6 Å². The van der Waals surface area contributed by atoms with Crippen LogP contribution in [0, 0.1) is 5.41 Å². The van der Waals surface area contributed by atoms with Crippen molar-refractivity contribution in [3.05, 3.63) is 41.4 Å². The fourth-order valence-electron chi connectivity index (χ4n) is 5.63. The molecule has 1 saturated carbocycles. The summed E-state index contributed by atoms with van der Waals surface area (Å²) in [7, 11) is 0. The Balaban J connectivity index is 1.25. The zero-order valence-electron chi connectivity index (χ0n) is 18.3. The highest BCUT2D eigenvalue weighted by molar-refractivity contribution is 7.18. The Morgan fingerprint density at radius 3 is 2.87 bits per heavy atom. The van der Waals surface area contributed by atoms with Gasteiger partial charge in [0.2, 0.25) is 5.91 Å². The molecule has 2 aliphatic rings. The topological polar surface area (TPSA) is 63.9 Å². The number of benzene rings is 1. The molecule has 1 aliphatic heterocycles. The number of aromatic nitrogens is 4. The van der Waals surface area contributed by atoms with Gasteiger partial charge in [-0.1, -0.05) is 31.4 Å². The van der Waals surface area contributed by atoms with Crippen LogP contribution < -0.4 is 0 Å². The smallest absolute Gasteiger partial charge is 0.222 e. The Morgan fingerprint density at radius 2 is 2.06 bits per heavy atom. The number of fused-ring (bicyclic) bond motifs is 1. The Labute approximate surface area is 187 Å². The monoisotopic (exact) mass is 437 g/mol. The highest BCUT2D eigenvalue weighted by Gasteiger charge is 2.50. The summed E-state index contributed by atoms with van der Waals surface area (Å²) in [5.74, 6) is 1.67. The molecule has 3 aromatic rings. The summed E-state index contributed by atoms with van der Waals surface area (Å²) >= 11 is 1.75.